The molecule has 9 heteroatoms. The predicted molar refractivity (Wildman–Crippen MR) is 118 cm³/mol. The highest BCUT2D eigenvalue weighted by Crippen LogP contribution is 2.28. The molecule has 32 heavy (non-hydrogen) atoms. The summed E-state index contributed by atoms with van der Waals surface area (Å²) in [5.74, 6) is 1.63. The average Bonchev–Trinajstić information content (AvgIpc) is 3.19. The SMILES string of the molecule is CC(C)c1noc(CN2CC(COc3ccc(-c4ccc(S(C)(=O)=O)cc4)cc3F)C2)n1. The van der Waals surface area contributed by atoms with Gasteiger partial charge in [0, 0.05) is 31.2 Å². The van der Waals surface area contributed by atoms with Gasteiger partial charge < -0.3 is 9.26 Å². The molecule has 2 heterocycles. The molecule has 7 nitrogen and oxygen atoms in total. The Balaban J connectivity index is 1.28. The van der Waals surface area contributed by atoms with Crippen molar-refractivity contribution in [3.63, 3.8) is 0 Å². The molecule has 0 aliphatic carbocycles. The van der Waals surface area contributed by atoms with E-state index in [4.69, 9.17) is 9.26 Å². The van der Waals surface area contributed by atoms with Crippen molar-refractivity contribution in [2.45, 2.75) is 31.2 Å². The molecule has 1 saturated heterocycles. The molecule has 170 valence electrons. The number of ether oxygens (including phenoxy) is 1. The molecule has 0 saturated carbocycles. The number of hydrogen-bond donors (Lipinski definition) is 0. The second-order valence-corrected chi connectivity index (χ2v) is 10.5. The number of rotatable bonds is 8. The second kappa shape index (κ2) is 8.99. The number of nitrogens with zero attached hydrogens (tertiary/aromatic N) is 3. The lowest BCUT2D eigenvalue weighted by Gasteiger charge is -2.37. The summed E-state index contributed by atoms with van der Waals surface area (Å²) in [5.41, 5.74) is 1.39. The highest BCUT2D eigenvalue weighted by molar-refractivity contribution is 7.90. The normalized spacial score (nSPS) is 15.2. The second-order valence-electron chi connectivity index (χ2n) is 8.51. The van der Waals surface area contributed by atoms with E-state index in [0.717, 1.165) is 24.9 Å². The number of sulfone groups is 1. The molecule has 0 bridgehead atoms. The quantitative estimate of drug-likeness (QED) is 0.505. The third-order valence-electron chi connectivity index (χ3n) is 5.41. The molecule has 1 aliphatic rings. The van der Waals surface area contributed by atoms with Crippen molar-refractivity contribution in [1.82, 2.24) is 15.0 Å². The van der Waals surface area contributed by atoms with Crippen LogP contribution in [0.1, 0.15) is 31.5 Å². The Hall–Kier alpha value is -2.78. The Morgan fingerprint density at radius 1 is 1.16 bits per heavy atom. The van der Waals surface area contributed by atoms with Crippen LogP contribution in [0.2, 0.25) is 0 Å². The first-order chi connectivity index (χ1) is 15.2. The first-order valence-corrected chi connectivity index (χ1v) is 12.4. The van der Waals surface area contributed by atoms with Crippen molar-refractivity contribution in [2.75, 3.05) is 26.0 Å². The van der Waals surface area contributed by atoms with Crippen LogP contribution in [0.5, 0.6) is 5.75 Å². The third-order valence-corrected chi connectivity index (χ3v) is 6.54. The molecule has 0 radical (unpaired) electrons. The van der Waals surface area contributed by atoms with Crippen LogP contribution >= 0.6 is 0 Å². The van der Waals surface area contributed by atoms with Crippen LogP contribution in [-0.4, -0.2) is 49.4 Å². The first-order valence-electron chi connectivity index (χ1n) is 10.5. The maximum absolute atomic E-state index is 14.5. The lowest BCUT2D eigenvalue weighted by Crippen LogP contribution is -2.48. The Bertz CT molecular complexity index is 1190. The van der Waals surface area contributed by atoms with Crippen LogP contribution in [0.25, 0.3) is 11.1 Å². The summed E-state index contributed by atoms with van der Waals surface area (Å²) in [5, 5.41) is 3.97. The molecule has 0 amide bonds. The minimum Gasteiger partial charge on any atom is -0.490 e. The molecular formula is C23H26FN3O4S. The van der Waals surface area contributed by atoms with Crippen LogP contribution in [0.3, 0.4) is 0 Å². The van der Waals surface area contributed by atoms with Crippen molar-refractivity contribution in [3.05, 3.63) is 60.0 Å². The monoisotopic (exact) mass is 459 g/mol. The number of aromatic nitrogens is 2. The topological polar surface area (TPSA) is 85.5 Å². The Labute approximate surface area is 187 Å². The molecular weight excluding hydrogens is 433 g/mol. The summed E-state index contributed by atoms with van der Waals surface area (Å²) < 4.78 is 48.7. The Morgan fingerprint density at radius 2 is 1.84 bits per heavy atom. The molecule has 2 aromatic carbocycles. The Morgan fingerprint density at radius 3 is 2.44 bits per heavy atom. The minimum absolute atomic E-state index is 0.207. The van der Waals surface area contributed by atoms with Gasteiger partial charge in [-0.15, -0.1) is 0 Å². The summed E-state index contributed by atoms with van der Waals surface area (Å²) in [4.78, 5) is 6.80. The summed E-state index contributed by atoms with van der Waals surface area (Å²) >= 11 is 0. The van der Waals surface area contributed by atoms with E-state index < -0.39 is 15.7 Å². The van der Waals surface area contributed by atoms with Gasteiger partial charge in [0.2, 0.25) is 5.89 Å². The molecule has 0 N–H and O–H groups in total. The van der Waals surface area contributed by atoms with Crippen LogP contribution in [-0.2, 0) is 16.4 Å². The molecule has 1 aromatic heterocycles. The van der Waals surface area contributed by atoms with E-state index >= 15 is 0 Å². The molecule has 1 aliphatic heterocycles. The predicted octanol–water partition coefficient (Wildman–Crippen LogP) is 3.91. The zero-order valence-electron chi connectivity index (χ0n) is 18.3. The van der Waals surface area contributed by atoms with Crippen molar-refractivity contribution in [2.24, 2.45) is 5.92 Å². The molecule has 1 fully saturated rings. The van der Waals surface area contributed by atoms with Crippen molar-refractivity contribution < 1.29 is 22.1 Å². The van der Waals surface area contributed by atoms with E-state index in [1.54, 1.807) is 24.3 Å². The largest absolute Gasteiger partial charge is 0.490 e. The van der Waals surface area contributed by atoms with E-state index in [-0.39, 0.29) is 16.6 Å². The summed E-state index contributed by atoms with van der Waals surface area (Å²) in [6.07, 6.45) is 1.16. The number of benzene rings is 2. The molecule has 0 unspecified atom stereocenters. The third kappa shape index (κ3) is 5.16. The highest BCUT2D eigenvalue weighted by Gasteiger charge is 2.29. The van der Waals surface area contributed by atoms with Gasteiger partial charge in [-0.3, -0.25) is 4.90 Å². The van der Waals surface area contributed by atoms with Gasteiger partial charge in [-0.05, 0) is 35.4 Å². The summed E-state index contributed by atoms with van der Waals surface area (Å²) in [6, 6.07) is 11.2. The standard InChI is InChI=1S/C23H26FN3O4S/c1-15(2)23-25-22(31-26-23)13-27-11-16(12-27)14-30-21-9-6-18(10-20(21)24)17-4-7-19(8-5-17)32(3,28)29/h4-10,15-16H,11-14H2,1-3H3. The number of likely N-dealkylation sites (tertiary alicyclic amines) is 1. The van der Waals surface area contributed by atoms with Crippen molar-refractivity contribution >= 4 is 9.84 Å². The highest BCUT2D eigenvalue weighted by atomic mass is 32.2. The maximum atomic E-state index is 14.5. The van der Waals surface area contributed by atoms with Gasteiger partial charge >= 0.3 is 0 Å². The van der Waals surface area contributed by atoms with Gasteiger partial charge in [0.1, 0.15) is 0 Å². The number of halogens is 1. The van der Waals surface area contributed by atoms with Gasteiger partial charge in [-0.2, -0.15) is 4.98 Å². The van der Waals surface area contributed by atoms with Crippen LogP contribution < -0.4 is 4.74 Å². The fourth-order valence-electron chi connectivity index (χ4n) is 3.57. The van der Waals surface area contributed by atoms with E-state index in [1.807, 2.05) is 13.8 Å². The van der Waals surface area contributed by atoms with E-state index in [2.05, 4.69) is 15.0 Å². The molecule has 3 aromatic rings. The number of hydrogen-bond acceptors (Lipinski definition) is 7. The smallest absolute Gasteiger partial charge is 0.240 e. The first kappa shape index (κ1) is 22.4. The molecule has 0 spiro atoms. The lowest BCUT2D eigenvalue weighted by molar-refractivity contribution is 0.0463. The van der Waals surface area contributed by atoms with E-state index in [0.29, 0.717) is 36.3 Å². The zero-order valence-corrected chi connectivity index (χ0v) is 19.1. The van der Waals surface area contributed by atoms with Gasteiger partial charge in [0.15, 0.2) is 27.2 Å². The fourth-order valence-corrected chi connectivity index (χ4v) is 4.20. The summed E-state index contributed by atoms with van der Waals surface area (Å²) in [6.45, 7) is 6.73. The molecule has 4 rings (SSSR count). The minimum atomic E-state index is -3.26. The van der Waals surface area contributed by atoms with Crippen molar-refractivity contribution in [3.8, 4) is 16.9 Å². The Kier molecular flexibility index (Phi) is 6.30. The lowest BCUT2D eigenvalue weighted by atomic mass is 10.0. The van der Waals surface area contributed by atoms with E-state index in [9.17, 15) is 12.8 Å². The molecule has 0 atom stereocenters. The maximum Gasteiger partial charge on any atom is 0.240 e. The fraction of sp³-hybridized carbons (Fsp3) is 0.391. The van der Waals surface area contributed by atoms with Gasteiger partial charge in [-0.1, -0.05) is 37.2 Å². The van der Waals surface area contributed by atoms with Crippen molar-refractivity contribution in [1.29, 1.82) is 0 Å². The van der Waals surface area contributed by atoms with Gasteiger partial charge in [0.05, 0.1) is 18.0 Å². The van der Waals surface area contributed by atoms with Crippen LogP contribution in [0.15, 0.2) is 51.9 Å². The average molecular weight is 460 g/mol. The zero-order chi connectivity index (χ0) is 22.9. The van der Waals surface area contributed by atoms with E-state index in [1.165, 1.54) is 18.2 Å². The summed E-state index contributed by atoms with van der Waals surface area (Å²) in [7, 11) is -3.26. The van der Waals surface area contributed by atoms with Crippen LogP contribution in [0, 0.1) is 11.7 Å². The van der Waals surface area contributed by atoms with Gasteiger partial charge in [-0.25, -0.2) is 12.8 Å². The van der Waals surface area contributed by atoms with Gasteiger partial charge in [0.25, 0.3) is 0 Å². The van der Waals surface area contributed by atoms with Crippen LogP contribution in [0.4, 0.5) is 4.39 Å².